The second-order valence-electron chi connectivity index (χ2n) is 11.6. The van der Waals surface area contributed by atoms with Gasteiger partial charge in [-0.2, -0.15) is 0 Å². The minimum Gasteiger partial charge on any atom is -0.384 e. The van der Waals surface area contributed by atoms with Crippen molar-refractivity contribution in [1.29, 1.82) is 0 Å². The van der Waals surface area contributed by atoms with E-state index < -0.39 is 0 Å². The molecule has 1 aliphatic heterocycles. The van der Waals surface area contributed by atoms with E-state index >= 15 is 0 Å². The Kier molecular flexibility index (Phi) is 6.02. The van der Waals surface area contributed by atoms with Crippen molar-refractivity contribution in [2.75, 3.05) is 23.7 Å². The molecule has 0 spiro atoms. The number of fused-ring (bicyclic) bond motifs is 5. The van der Waals surface area contributed by atoms with Gasteiger partial charge in [-0.25, -0.2) is 0 Å². The van der Waals surface area contributed by atoms with Crippen LogP contribution in [-0.2, 0) is 4.79 Å². The molecule has 3 N–H and O–H groups in total. The van der Waals surface area contributed by atoms with Crippen LogP contribution in [0.1, 0.15) is 76.6 Å². The molecule has 1 amide bonds. The predicted octanol–water partition coefficient (Wildman–Crippen LogP) is 5.65. The van der Waals surface area contributed by atoms with E-state index in [0.29, 0.717) is 23.5 Å². The number of nitrogens with one attached hydrogen (secondary N) is 3. The van der Waals surface area contributed by atoms with Gasteiger partial charge in [0.2, 0.25) is 5.91 Å². The van der Waals surface area contributed by atoms with E-state index in [1.165, 1.54) is 6.42 Å². The highest BCUT2D eigenvalue weighted by Crippen LogP contribution is 2.65. The van der Waals surface area contributed by atoms with E-state index in [2.05, 4.69) is 61.9 Å². The number of Topliss-reactive ketones (excluding diaryl/α,β-unsaturated/α-hetero) is 1. The molecule has 1 aromatic carbocycles. The van der Waals surface area contributed by atoms with E-state index in [-0.39, 0.29) is 28.7 Å². The van der Waals surface area contributed by atoms with Crippen LogP contribution in [0.4, 0.5) is 11.4 Å². The summed E-state index contributed by atoms with van der Waals surface area (Å²) in [4.78, 5) is 25.9. The lowest BCUT2D eigenvalue weighted by Gasteiger charge is -2.58. The highest BCUT2D eigenvalue weighted by atomic mass is 16.1. The quantitative estimate of drug-likeness (QED) is 0.477. The van der Waals surface area contributed by atoms with Gasteiger partial charge in [-0.1, -0.05) is 19.9 Å². The summed E-state index contributed by atoms with van der Waals surface area (Å²) in [5.74, 6) is 2.32. The highest BCUT2D eigenvalue weighted by Gasteiger charge is 2.60. The molecule has 5 rings (SSSR count). The maximum Gasteiger partial charge on any atom is 0.243 e. The number of amides is 1. The summed E-state index contributed by atoms with van der Waals surface area (Å²) in [7, 11) is 0. The fraction of sp³-hybridized carbons (Fsp3) is 0.655. The fourth-order valence-corrected chi connectivity index (χ4v) is 8.34. The van der Waals surface area contributed by atoms with Crippen molar-refractivity contribution in [2.45, 2.75) is 72.3 Å². The van der Waals surface area contributed by atoms with Gasteiger partial charge in [0.25, 0.3) is 0 Å². The first-order valence-corrected chi connectivity index (χ1v) is 13.5. The van der Waals surface area contributed by atoms with E-state index in [1.54, 1.807) is 6.08 Å². The first-order valence-electron chi connectivity index (χ1n) is 13.5. The molecule has 0 radical (unpaired) electrons. The number of anilines is 2. The van der Waals surface area contributed by atoms with Gasteiger partial charge in [0.1, 0.15) is 0 Å². The van der Waals surface area contributed by atoms with Crippen LogP contribution in [-0.4, -0.2) is 30.8 Å². The molecule has 3 fully saturated rings. The van der Waals surface area contributed by atoms with Crippen LogP contribution >= 0.6 is 0 Å². The molecule has 0 bridgehead atoms. The van der Waals surface area contributed by atoms with Crippen molar-refractivity contribution in [3.63, 3.8) is 0 Å². The largest absolute Gasteiger partial charge is 0.384 e. The standard InChI is InChI=1S/C29H41N3O2/c1-5-30-23-11-7-18(17-24(23)31-6-2)27(34)22-10-9-20-19-8-12-25-29(4,16-14-26(33)32-25)21(19)13-15-28(20,22)3/h7,11,14,16-17,19-22,25,30-31H,5-6,8-10,12-13,15H2,1-4H3,(H,32,33)/t19-,20-,21-,22+,25+,28-,29+/m0/s1. The zero-order valence-corrected chi connectivity index (χ0v) is 21.2. The molecule has 1 aromatic rings. The SMILES string of the molecule is CCNc1ccc(C(=O)[C@H]2CC[C@H]3[C@@H]4CC[C@H]5NC(=O)C=C[C@]5(C)[C@H]4CC[C@]23C)cc1NCC. The van der Waals surface area contributed by atoms with Crippen LogP contribution in [0.5, 0.6) is 0 Å². The van der Waals surface area contributed by atoms with Crippen LogP contribution < -0.4 is 16.0 Å². The average Bonchev–Trinajstić information content (AvgIpc) is 3.17. The zero-order valence-electron chi connectivity index (χ0n) is 21.2. The Bertz CT molecular complexity index is 1000. The van der Waals surface area contributed by atoms with Crippen LogP contribution in [0.2, 0.25) is 0 Å². The van der Waals surface area contributed by atoms with E-state index in [9.17, 15) is 9.59 Å². The van der Waals surface area contributed by atoms with Gasteiger partial charge in [0, 0.05) is 36.0 Å². The number of rotatable bonds is 6. The van der Waals surface area contributed by atoms with Crippen molar-refractivity contribution in [2.24, 2.45) is 34.5 Å². The molecule has 0 aromatic heterocycles. The molecule has 184 valence electrons. The van der Waals surface area contributed by atoms with Crippen molar-refractivity contribution in [3.05, 3.63) is 35.9 Å². The Balaban J connectivity index is 1.39. The minimum absolute atomic E-state index is 0.0447. The third kappa shape index (κ3) is 3.58. The van der Waals surface area contributed by atoms with Gasteiger partial charge in [0.15, 0.2) is 5.78 Å². The molecule has 4 aliphatic rings. The fourth-order valence-electron chi connectivity index (χ4n) is 8.34. The first-order chi connectivity index (χ1) is 16.3. The summed E-state index contributed by atoms with van der Waals surface area (Å²) in [6.07, 6.45) is 10.6. The zero-order chi connectivity index (χ0) is 24.1. The first kappa shape index (κ1) is 23.4. The van der Waals surface area contributed by atoms with Crippen molar-refractivity contribution < 1.29 is 9.59 Å². The van der Waals surface area contributed by atoms with Crippen LogP contribution in [0.15, 0.2) is 30.4 Å². The molecule has 3 saturated carbocycles. The lowest BCUT2D eigenvalue weighted by Crippen LogP contribution is -2.59. The van der Waals surface area contributed by atoms with Gasteiger partial charge in [-0.15, -0.1) is 0 Å². The lowest BCUT2D eigenvalue weighted by atomic mass is 9.47. The number of hydrogen-bond donors (Lipinski definition) is 3. The summed E-state index contributed by atoms with van der Waals surface area (Å²) >= 11 is 0. The topological polar surface area (TPSA) is 70.2 Å². The van der Waals surface area contributed by atoms with Crippen molar-refractivity contribution >= 4 is 23.1 Å². The number of hydrogen-bond acceptors (Lipinski definition) is 4. The van der Waals surface area contributed by atoms with Gasteiger partial charge in [-0.3, -0.25) is 9.59 Å². The molecule has 0 unspecified atom stereocenters. The Labute approximate surface area is 204 Å². The molecule has 0 saturated heterocycles. The van der Waals surface area contributed by atoms with Gasteiger partial charge in [-0.05, 0) is 99.8 Å². The third-order valence-electron chi connectivity index (χ3n) is 10.0. The number of carbonyl (C=O) groups excluding carboxylic acids is 2. The second-order valence-corrected chi connectivity index (χ2v) is 11.6. The normalized spacial score (nSPS) is 38.4. The maximum absolute atomic E-state index is 13.9. The summed E-state index contributed by atoms with van der Waals surface area (Å²) in [6, 6.07) is 6.40. The van der Waals surface area contributed by atoms with Gasteiger partial charge < -0.3 is 16.0 Å². The molecule has 5 heteroatoms. The summed E-state index contributed by atoms with van der Waals surface area (Å²) < 4.78 is 0. The van der Waals surface area contributed by atoms with Gasteiger partial charge >= 0.3 is 0 Å². The number of ketones is 1. The second kappa shape index (κ2) is 8.73. The Hall–Kier alpha value is -2.30. The number of carbonyl (C=O) groups is 2. The smallest absolute Gasteiger partial charge is 0.243 e. The van der Waals surface area contributed by atoms with Crippen LogP contribution in [0.3, 0.4) is 0 Å². The molecular weight excluding hydrogens is 422 g/mol. The molecule has 1 heterocycles. The molecular formula is C29H41N3O2. The molecule has 5 nitrogen and oxygen atoms in total. The van der Waals surface area contributed by atoms with Crippen LogP contribution in [0, 0.1) is 34.5 Å². The van der Waals surface area contributed by atoms with Crippen molar-refractivity contribution in [3.8, 4) is 0 Å². The summed E-state index contributed by atoms with van der Waals surface area (Å²) in [6.45, 7) is 10.6. The Morgan fingerprint density at radius 3 is 2.53 bits per heavy atom. The number of benzene rings is 1. The monoisotopic (exact) mass is 463 g/mol. The third-order valence-corrected chi connectivity index (χ3v) is 10.0. The van der Waals surface area contributed by atoms with E-state index in [1.807, 2.05) is 6.07 Å². The van der Waals surface area contributed by atoms with E-state index in [4.69, 9.17) is 0 Å². The van der Waals surface area contributed by atoms with Gasteiger partial charge in [0.05, 0.1) is 11.4 Å². The minimum atomic E-state index is 0.0447. The van der Waals surface area contributed by atoms with Crippen molar-refractivity contribution in [1.82, 2.24) is 5.32 Å². The Morgan fingerprint density at radius 2 is 1.76 bits per heavy atom. The summed E-state index contributed by atoms with van der Waals surface area (Å²) in [5.41, 5.74) is 3.05. The molecule has 7 atom stereocenters. The average molecular weight is 464 g/mol. The highest BCUT2D eigenvalue weighted by molar-refractivity contribution is 6.00. The lowest BCUT2D eigenvalue weighted by molar-refractivity contribution is -0.122. The molecule has 34 heavy (non-hydrogen) atoms. The maximum atomic E-state index is 13.9. The van der Waals surface area contributed by atoms with Crippen LogP contribution in [0.25, 0.3) is 0 Å². The predicted molar refractivity (Wildman–Crippen MR) is 138 cm³/mol. The summed E-state index contributed by atoms with van der Waals surface area (Å²) in [5, 5.41) is 10.1. The Morgan fingerprint density at radius 1 is 1.00 bits per heavy atom. The molecule has 3 aliphatic carbocycles. The van der Waals surface area contributed by atoms with E-state index in [0.717, 1.165) is 62.1 Å².